The molecule has 0 bridgehead atoms. The van der Waals surface area contributed by atoms with Crippen molar-refractivity contribution in [1.29, 1.82) is 5.26 Å². The van der Waals surface area contributed by atoms with Gasteiger partial charge < -0.3 is 4.74 Å². The lowest BCUT2D eigenvalue weighted by Gasteiger charge is -2.33. The number of sulfonamides is 1. The standard InChI is InChI=1S/C11H19N3O3S/c12-3-4-13-5-7-14(8-6-13)18(15,16)10-11-2-1-9-17-11/h11H,1-2,4-10H2. The number of ether oxygens (including phenoxy) is 1. The van der Waals surface area contributed by atoms with Crippen LogP contribution in [0.25, 0.3) is 0 Å². The number of piperazine rings is 1. The quantitative estimate of drug-likeness (QED) is 0.654. The van der Waals surface area contributed by atoms with E-state index in [1.165, 1.54) is 4.31 Å². The van der Waals surface area contributed by atoms with E-state index in [1.54, 1.807) is 0 Å². The third kappa shape index (κ3) is 3.42. The summed E-state index contributed by atoms with van der Waals surface area (Å²) in [6, 6.07) is 2.09. The van der Waals surface area contributed by atoms with E-state index in [4.69, 9.17) is 10.00 Å². The largest absolute Gasteiger partial charge is 0.377 e. The highest BCUT2D eigenvalue weighted by Gasteiger charge is 2.30. The fraction of sp³-hybridized carbons (Fsp3) is 0.909. The van der Waals surface area contributed by atoms with Gasteiger partial charge in [0.2, 0.25) is 10.0 Å². The Hall–Kier alpha value is -0.680. The van der Waals surface area contributed by atoms with E-state index in [2.05, 4.69) is 6.07 Å². The van der Waals surface area contributed by atoms with Crippen molar-refractivity contribution in [2.75, 3.05) is 45.1 Å². The third-order valence-corrected chi connectivity index (χ3v) is 5.38. The molecule has 102 valence electrons. The maximum atomic E-state index is 12.2. The molecule has 2 saturated heterocycles. The van der Waals surface area contributed by atoms with Gasteiger partial charge in [-0.2, -0.15) is 9.57 Å². The Morgan fingerprint density at radius 3 is 2.56 bits per heavy atom. The Morgan fingerprint density at radius 2 is 2.00 bits per heavy atom. The minimum absolute atomic E-state index is 0.102. The van der Waals surface area contributed by atoms with Crippen molar-refractivity contribution >= 4 is 10.0 Å². The lowest BCUT2D eigenvalue weighted by molar-refractivity contribution is 0.125. The fourth-order valence-electron chi connectivity index (χ4n) is 2.38. The maximum Gasteiger partial charge on any atom is 0.216 e. The van der Waals surface area contributed by atoms with Gasteiger partial charge >= 0.3 is 0 Å². The molecular weight excluding hydrogens is 254 g/mol. The van der Waals surface area contributed by atoms with Crippen LogP contribution in [0.2, 0.25) is 0 Å². The molecule has 0 radical (unpaired) electrons. The molecule has 1 unspecified atom stereocenters. The minimum atomic E-state index is -3.21. The summed E-state index contributed by atoms with van der Waals surface area (Å²) < 4.78 is 31.2. The second-order valence-corrected chi connectivity index (χ2v) is 6.76. The SMILES string of the molecule is N#CCN1CCN(S(=O)(=O)CC2CCCO2)CC1. The predicted octanol–water partition coefficient (Wildman–Crippen LogP) is -0.364. The lowest BCUT2D eigenvalue weighted by atomic mass is 10.3. The highest BCUT2D eigenvalue weighted by atomic mass is 32.2. The summed E-state index contributed by atoms with van der Waals surface area (Å²) in [6.07, 6.45) is 1.66. The molecule has 1 atom stereocenters. The van der Waals surface area contributed by atoms with Gasteiger partial charge in [0.1, 0.15) is 0 Å². The second-order valence-electron chi connectivity index (χ2n) is 4.75. The highest BCUT2D eigenvalue weighted by molar-refractivity contribution is 7.89. The molecule has 0 aromatic carbocycles. The number of hydrogen-bond acceptors (Lipinski definition) is 5. The topological polar surface area (TPSA) is 73.6 Å². The van der Waals surface area contributed by atoms with E-state index in [9.17, 15) is 8.42 Å². The monoisotopic (exact) mass is 273 g/mol. The summed E-state index contributed by atoms with van der Waals surface area (Å²) in [4.78, 5) is 1.97. The molecule has 2 aliphatic heterocycles. The van der Waals surface area contributed by atoms with Crippen molar-refractivity contribution in [3.05, 3.63) is 0 Å². The second kappa shape index (κ2) is 5.97. The molecular formula is C11H19N3O3S. The van der Waals surface area contributed by atoms with Gasteiger partial charge in [-0.05, 0) is 12.8 Å². The Morgan fingerprint density at radius 1 is 1.28 bits per heavy atom. The molecule has 18 heavy (non-hydrogen) atoms. The molecule has 2 aliphatic rings. The molecule has 0 saturated carbocycles. The number of rotatable bonds is 4. The van der Waals surface area contributed by atoms with Crippen LogP contribution in [0.1, 0.15) is 12.8 Å². The van der Waals surface area contributed by atoms with Gasteiger partial charge in [0.05, 0.1) is 24.5 Å². The van der Waals surface area contributed by atoms with E-state index < -0.39 is 10.0 Å². The van der Waals surface area contributed by atoms with Crippen LogP contribution < -0.4 is 0 Å². The molecule has 0 amide bonds. The van der Waals surface area contributed by atoms with Crippen LogP contribution in [0.4, 0.5) is 0 Å². The van der Waals surface area contributed by atoms with Gasteiger partial charge in [-0.25, -0.2) is 8.42 Å². The molecule has 0 aromatic heterocycles. The van der Waals surface area contributed by atoms with Crippen molar-refractivity contribution < 1.29 is 13.2 Å². The number of hydrogen-bond donors (Lipinski definition) is 0. The Kier molecular flexibility index (Phi) is 4.56. The Bertz CT molecular complexity index is 404. The molecule has 2 fully saturated rings. The fourth-order valence-corrected chi connectivity index (χ4v) is 4.05. The van der Waals surface area contributed by atoms with Crippen LogP contribution in [-0.4, -0.2) is 68.8 Å². The van der Waals surface area contributed by atoms with E-state index in [1.807, 2.05) is 4.90 Å². The zero-order valence-electron chi connectivity index (χ0n) is 10.4. The van der Waals surface area contributed by atoms with Crippen molar-refractivity contribution in [2.45, 2.75) is 18.9 Å². The zero-order valence-corrected chi connectivity index (χ0v) is 11.2. The predicted molar refractivity (Wildman–Crippen MR) is 66.4 cm³/mol. The maximum absolute atomic E-state index is 12.2. The van der Waals surface area contributed by atoms with Crippen LogP contribution >= 0.6 is 0 Å². The van der Waals surface area contributed by atoms with Crippen LogP contribution in [-0.2, 0) is 14.8 Å². The first-order valence-electron chi connectivity index (χ1n) is 6.30. The average Bonchev–Trinajstić information content (AvgIpc) is 2.82. The molecule has 0 N–H and O–H groups in total. The van der Waals surface area contributed by atoms with Crippen LogP contribution in [0.5, 0.6) is 0 Å². The van der Waals surface area contributed by atoms with E-state index in [0.29, 0.717) is 39.3 Å². The van der Waals surface area contributed by atoms with Crippen LogP contribution in [0, 0.1) is 11.3 Å². The molecule has 2 rings (SSSR count). The highest BCUT2D eigenvalue weighted by Crippen LogP contribution is 2.17. The van der Waals surface area contributed by atoms with Crippen LogP contribution in [0.15, 0.2) is 0 Å². The summed E-state index contributed by atoms with van der Waals surface area (Å²) in [5.74, 6) is 0.102. The van der Waals surface area contributed by atoms with Gasteiger partial charge in [0.15, 0.2) is 0 Å². The van der Waals surface area contributed by atoms with Gasteiger partial charge in [-0.1, -0.05) is 0 Å². The number of nitrogens with zero attached hydrogens (tertiary/aromatic N) is 3. The van der Waals surface area contributed by atoms with Gasteiger partial charge in [-0.3, -0.25) is 4.90 Å². The molecule has 0 aromatic rings. The first-order valence-corrected chi connectivity index (χ1v) is 7.91. The number of nitriles is 1. The smallest absolute Gasteiger partial charge is 0.216 e. The molecule has 2 heterocycles. The summed E-state index contributed by atoms with van der Waals surface area (Å²) in [5, 5.41) is 8.59. The molecule has 0 spiro atoms. The van der Waals surface area contributed by atoms with Crippen LogP contribution in [0.3, 0.4) is 0 Å². The van der Waals surface area contributed by atoms with Gasteiger partial charge in [0.25, 0.3) is 0 Å². The van der Waals surface area contributed by atoms with E-state index >= 15 is 0 Å². The van der Waals surface area contributed by atoms with Gasteiger partial charge in [0, 0.05) is 32.8 Å². The molecule has 0 aliphatic carbocycles. The molecule has 7 heteroatoms. The first kappa shape index (κ1) is 13.7. The summed E-state index contributed by atoms with van der Waals surface area (Å²) >= 11 is 0. The lowest BCUT2D eigenvalue weighted by Crippen LogP contribution is -2.50. The summed E-state index contributed by atoms with van der Waals surface area (Å²) in [5.41, 5.74) is 0. The van der Waals surface area contributed by atoms with Gasteiger partial charge in [-0.15, -0.1) is 0 Å². The van der Waals surface area contributed by atoms with Crippen molar-refractivity contribution in [3.8, 4) is 6.07 Å². The zero-order chi connectivity index (χ0) is 13.0. The Balaban J connectivity index is 1.85. The van der Waals surface area contributed by atoms with E-state index in [0.717, 1.165) is 12.8 Å². The summed E-state index contributed by atoms with van der Waals surface area (Å²) in [6.45, 7) is 3.29. The Labute approximate surface area is 108 Å². The third-order valence-electron chi connectivity index (χ3n) is 3.44. The average molecular weight is 273 g/mol. The normalized spacial score (nSPS) is 27.2. The van der Waals surface area contributed by atoms with Crippen molar-refractivity contribution in [1.82, 2.24) is 9.21 Å². The minimum Gasteiger partial charge on any atom is -0.377 e. The van der Waals surface area contributed by atoms with Crippen molar-refractivity contribution in [2.24, 2.45) is 0 Å². The van der Waals surface area contributed by atoms with E-state index in [-0.39, 0.29) is 11.9 Å². The van der Waals surface area contributed by atoms with Crippen molar-refractivity contribution in [3.63, 3.8) is 0 Å². The summed E-state index contributed by atoms with van der Waals surface area (Å²) in [7, 11) is -3.21. The molecule has 6 nitrogen and oxygen atoms in total. The first-order chi connectivity index (χ1) is 8.62.